The van der Waals surface area contributed by atoms with Crippen LogP contribution in [0.15, 0.2) is 29.5 Å². The number of rotatable bonds is 4. The van der Waals surface area contributed by atoms with Gasteiger partial charge in [-0.2, -0.15) is 0 Å². The molecule has 0 N–H and O–H groups in total. The van der Waals surface area contributed by atoms with Gasteiger partial charge >= 0.3 is 5.97 Å². The highest BCUT2D eigenvalue weighted by atomic mass is 35.5. The van der Waals surface area contributed by atoms with Crippen molar-refractivity contribution < 1.29 is 9.63 Å². The Labute approximate surface area is 93.0 Å². The minimum Gasteiger partial charge on any atom is -0.313 e. The van der Waals surface area contributed by atoms with Crippen molar-refractivity contribution in [2.45, 2.75) is 18.7 Å². The lowest BCUT2D eigenvalue weighted by molar-refractivity contribution is -0.137. The average molecular weight is 236 g/mol. The molecule has 0 fully saturated rings. The van der Waals surface area contributed by atoms with Crippen LogP contribution in [0.3, 0.4) is 0 Å². The van der Waals surface area contributed by atoms with Crippen molar-refractivity contribution in [3.05, 3.63) is 24.3 Å². The summed E-state index contributed by atoms with van der Waals surface area (Å²) in [5.41, 5.74) is 0.334. The quantitative estimate of drug-likeness (QED) is 0.188. The van der Waals surface area contributed by atoms with E-state index in [9.17, 15) is 4.79 Å². The zero-order valence-electron chi connectivity index (χ0n) is 7.91. The molecule has 0 spiro atoms. The second-order valence-corrected chi connectivity index (χ2v) is 3.42. The van der Waals surface area contributed by atoms with Gasteiger partial charge in [0.15, 0.2) is 0 Å². The molecule has 0 heterocycles. The molecule has 0 aromatic heterocycles. The molecular formula is C9H11Cl2NO2. The van der Waals surface area contributed by atoms with Crippen molar-refractivity contribution >= 4 is 34.9 Å². The fourth-order valence-electron chi connectivity index (χ4n) is 0.432. The van der Waals surface area contributed by atoms with Gasteiger partial charge in [0.05, 0.1) is 5.71 Å². The van der Waals surface area contributed by atoms with Gasteiger partial charge in [-0.25, -0.2) is 4.79 Å². The van der Waals surface area contributed by atoms with Crippen LogP contribution in [0.2, 0.25) is 0 Å². The van der Waals surface area contributed by atoms with Crippen molar-refractivity contribution in [3.8, 4) is 0 Å². The first kappa shape index (κ1) is 13.2. The summed E-state index contributed by atoms with van der Waals surface area (Å²) >= 11 is 10.9. The lowest BCUT2D eigenvalue weighted by Gasteiger charge is -1.97. The van der Waals surface area contributed by atoms with Crippen LogP contribution in [0.25, 0.3) is 0 Å². The van der Waals surface area contributed by atoms with Crippen molar-refractivity contribution in [2.75, 3.05) is 0 Å². The van der Waals surface area contributed by atoms with E-state index in [1.165, 1.54) is 6.08 Å². The number of alkyl halides is 2. The van der Waals surface area contributed by atoms with Crippen LogP contribution >= 0.6 is 23.2 Å². The van der Waals surface area contributed by atoms with E-state index in [0.717, 1.165) is 0 Å². The van der Waals surface area contributed by atoms with Crippen LogP contribution in [0.4, 0.5) is 0 Å². The summed E-state index contributed by atoms with van der Waals surface area (Å²) in [6.45, 7) is 3.40. The summed E-state index contributed by atoms with van der Waals surface area (Å²) in [7, 11) is 0. The second-order valence-electron chi connectivity index (χ2n) is 2.33. The zero-order chi connectivity index (χ0) is 11.0. The Morgan fingerprint density at radius 2 is 2.07 bits per heavy atom. The molecule has 0 rings (SSSR count). The third-order valence-corrected chi connectivity index (χ3v) is 1.76. The molecule has 78 valence electrons. The van der Waals surface area contributed by atoms with Gasteiger partial charge in [-0.1, -0.05) is 46.6 Å². The first-order valence-corrected chi connectivity index (χ1v) is 4.78. The Morgan fingerprint density at radius 1 is 1.43 bits per heavy atom. The maximum Gasteiger partial charge on any atom is 0.358 e. The smallest absolute Gasteiger partial charge is 0.313 e. The number of carbonyl (C=O) groups is 1. The Hall–Kier alpha value is -0.800. The molecule has 0 aliphatic heterocycles. The van der Waals surface area contributed by atoms with E-state index >= 15 is 0 Å². The van der Waals surface area contributed by atoms with Gasteiger partial charge in [0, 0.05) is 6.08 Å². The lowest BCUT2D eigenvalue weighted by Crippen LogP contribution is -2.05. The molecule has 0 aromatic rings. The summed E-state index contributed by atoms with van der Waals surface area (Å²) in [5, 5.41) is 3.43. The maximum absolute atomic E-state index is 10.9. The third-order valence-electron chi connectivity index (χ3n) is 1.13. The topological polar surface area (TPSA) is 38.7 Å². The normalized spacial score (nSPS) is 13.1. The molecule has 0 aliphatic rings. The van der Waals surface area contributed by atoms with Crippen molar-refractivity contribution in [3.63, 3.8) is 0 Å². The zero-order valence-corrected chi connectivity index (χ0v) is 9.42. The molecule has 14 heavy (non-hydrogen) atoms. The summed E-state index contributed by atoms with van der Waals surface area (Å²) in [4.78, 5) is 14.6. The van der Waals surface area contributed by atoms with Crippen molar-refractivity contribution in [1.29, 1.82) is 0 Å². The molecule has 0 saturated carbocycles. The van der Waals surface area contributed by atoms with Crippen molar-refractivity contribution in [2.24, 2.45) is 5.16 Å². The fraction of sp³-hybridized carbons (Fsp3) is 0.333. The summed E-state index contributed by atoms with van der Waals surface area (Å²) < 4.78 is 0. The van der Waals surface area contributed by atoms with Gasteiger partial charge in [0.1, 0.15) is 4.84 Å². The molecule has 0 aromatic carbocycles. The highest BCUT2D eigenvalue weighted by Crippen LogP contribution is 2.04. The Morgan fingerprint density at radius 3 is 2.57 bits per heavy atom. The SMILES string of the molecule is CC=CC=CC(=O)ON=C(C)C(Cl)Cl. The maximum atomic E-state index is 10.9. The third kappa shape index (κ3) is 6.69. The van der Waals surface area contributed by atoms with Gasteiger partial charge in [-0.15, -0.1) is 0 Å². The number of hydrogen-bond acceptors (Lipinski definition) is 3. The van der Waals surface area contributed by atoms with E-state index in [4.69, 9.17) is 23.2 Å². The predicted molar refractivity (Wildman–Crippen MR) is 58.6 cm³/mol. The Balaban J connectivity index is 4.02. The number of oxime groups is 1. The number of carbonyl (C=O) groups excluding carboxylic acids is 1. The standard InChI is InChI=1S/C9H11Cl2NO2/c1-3-4-5-6-8(13)14-12-7(2)9(10)11/h3-6,9H,1-2H3. The van der Waals surface area contributed by atoms with Gasteiger partial charge in [-0.3, -0.25) is 0 Å². The van der Waals surface area contributed by atoms with Crippen LogP contribution < -0.4 is 0 Å². The van der Waals surface area contributed by atoms with Crippen LogP contribution in [-0.2, 0) is 9.63 Å². The van der Waals surface area contributed by atoms with Crippen molar-refractivity contribution in [1.82, 2.24) is 0 Å². The van der Waals surface area contributed by atoms with Crippen LogP contribution in [0.1, 0.15) is 13.8 Å². The lowest BCUT2D eigenvalue weighted by atomic mass is 10.4. The first-order valence-electron chi connectivity index (χ1n) is 3.91. The molecule has 0 aliphatic carbocycles. The molecule has 0 atom stereocenters. The summed E-state index contributed by atoms with van der Waals surface area (Å²) in [5.74, 6) is -0.573. The van der Waals surface area contributed by atoms with Crippen LogP contribution in [-0.4, -0.2) is 16.5 Å². The minimum atomic E-state index is -0.762. The summed E-state index contributed by atoms with van der Waals surface area (Å²) in [6.07, 6.45) is 6.27. The van der Waals surface area contributed by atoms with Gasteiger partial charge < -0.3 is 4.84 Å². The highest BCUT2D eigenvalue weighted by Gasteiger charge is 2.04. The Bertz CT molecular complexity index is 270. The molecule has 3 nitrogen and oxygen atoms in total. The first-order chi connectivity index (χ1) is 6.57. The van der Waals surface area contributed by atoms with E-state index in [1.54, 1.807) is 25.2 Å². The Kier molecular flexibility index (Phi) is 7.16. The highest BCUT2D eigenvalue weighted by molar-refractivity contribution is 6.54. The van der Waals surface area contributed by atoms with E-state index < -0.39 is 10.8 Å². The van der Waals surface area contributed by atoms with Gasteiger partial charge in [0.2, 0.25) is 0 Å². The van der Waals surface area contributed by atoms with E-state index in [0.29, 0.717) is 5.71 Å². The number of hydrogen-bond donors (Lipinski definition) is 0. The molecule has 0 amide bonds. The molecule has 5 heteroatoms. The van der Waals surface area contributed by atoms with Crippen LogP contribution in [0.5, 0.6) is 0 Å². The van der Waals surface area contributed by atoms with E-state index in [2.05, 4.69) is 9.99 Å². The number of halogens is 2. The monoisotopic (exact) mass is 235 g/mol. The molecular weight excluding hydrogens is 225 g/mol. The largest absolute Gasteiger partial charge is 0.358 e. The van der Waals surface area contributed by atoms with Gasteiger partial charge in [-0.05, 0) is 13.8 Å². The predicted octanol–water partition coefficient (Wildman–Crippen LogP) is 2.84. The van der Waals surface area contributed by atoms with E-state index in [-0.39, 0.29) is 0 Å². The minimum absolute atomic E-state index is 0.334. The fourth-order valence-corrected chi connectivity index (χ4v) is 0.512. The number of nitrogens with zero attached hydrogens (tertiary/aromatic N) is 1. The molecule has 0 bridgehead atoms. The molecule has 0 unspecified atom stereocenters. The second kappa shape index (κ2) is 7.59. The molecule has 0 radical (unpaired) electrons. The number of allylic oxidation sites excluding steroid dienone is 3. The average Bonchev–Trinajstić information content (AvgIpc) is 2.14. The van der Waals surface area contributed by atoms with E-state index in [1.807, 2.05) is 6.92 Å². The summed E-state index contributed by atoms with van der Waals surface area (Å²) in [6, 6.07) is 0. The molecule has 0 saturated heterocycles. The van der Waals surface area contributed by atoms with Crippen LogP contribution in [0, 0.1) is 0 Å². The van der Waals surface area contributed by atoms with Gasteiger partial charge in [0.25, 0.3) is 0 Å².